The highest BCUT2D eigenvalue weighted by Crippen LogP contribution is 2.15. The number of ether oxygens (including phenoxy) is 1. The van der Waals surface area contributed by atoms with Gasteiger partial charge in [0.1, 0.15) is 5.15 Å². The normalized spacial score (nSPS) is 10.7. The van der Waals surface area contributed by atoms with Crippen molar-refractivity contribution in [2.45, 2.75) is 13.3 Å². The third kappa shape index (κ3) is 4.16. The first kappa shape index (κ1) is 12.9. The first-order valence-corrected chi connectivity index (χ1v) is 5.39. The fourth-order valence-electron chi connectivity index (χ4n) is 0.964. The van der Waals surface area contributed by atoms with E-state index in [0.29, 0.717) is 12.2 Å². The highest BCUT2D eigenvalue weighted by molar-refractivity contribution is 6.32. The molecule has 1 aromatic rings. The average molecular weight is 261 g/mol. The van der Waals surface area contributed by atoms with Gasteiger partial charge in [0.2, 0.25) is 5.28 Å². The van der Waals surface area contributed by atoms with Gasteiger partial charge in [-0.25, -0.2) is 9.97 Å². The lowest BCUT2D eigenvalue weighted by Crippen LogP contribution is -2.01. The maximum Gasteiger partial charge on any atom is 0.309 e. The third-order valence-corrected chi connectivity index (χ3v) is 2.11. The third-order valence-electron chi connectivity index (χ3n) is 1.63. The molecular weight excluding hydrogens is 251 g/mol. The highest BCUT2D eigenvalue weighted by atomic mass is 35.5. The van der Waals surface area contributed by atoms with Crippen molar-refractivity contribution in [3.8, 4) is 0 Å². The van der Waals surface area contributed by atoms with E-state index in [-0.39, 0.29) is 22.8 Å². The van der Waals surface area contributed by atoms with Crippen molar-refractivity contribution in [3.05, 3.63) is 28.3 Å². The molecule has 0 fully saturated rings. The molecule has 86 valence electrons. The lowest BCUT2D eigenvalue weighted by molar-refractivity contribution is -0.142. The molecule has 4 nitrogen and oxygen atoms in total. The summed E-state index contributed by atoms with van der Waals surface area (Å²) in [6.07, 6.45) is 4.96. The number of hydrogen-bond acceptors (Lipinski definition) is 4. The Hall–Kier alpha value is -1.13. The molecule has 0 spiro atoms. The number of nitrogens with zero attached hydrogens (tertiary/aromatic N) is 2. The van der Waals surface area contributed by atoms with Crippen LogP contribution in [-0.2, 0) is 9.53 Å². The number of aromatic nitrogens is 2. The predicted molar refractivity (Wildman–Crippen MR) is 62.3 cm³/mol. The van der Waals surface area contributed by atoms with Gasteiger partial charge in [-0.3, -0.25) is 4.79 Å². The van der Waals surface area contributed by atoms with Crippen LogP contribution in [0.25, 0.3) is 6.08 Å². The molecule has 16 heavy (non-hydrogen) atoms. The van der Waals surface area contributed by atoms with Crippen molar-refractivity contribution in [1.82, 2.24) is 9.97 Å². The second-order valence-corrected chi connectivity index (χ2v) is 3.49. The van der Waals surface area contributed by atoms with Crippen molar-refractivity contribution in [2.75, 3.05) is 6.61 Å². The molecule has 0 aliphatic rings. The van der Waals surface area contributed by atoms with Crippen LogP contribution < -0.4 is 0 Å². The molecule has 0 N–H and O–H groups in total. The topological polar surface area (TPSA) is 52.1 Å². The van der Waals surface area contributed by atoms with Crippen LogP contribution in [-0.4, -0.2) is 22.5 Å². The summed E-state index contributed by atoms with van der Waals surface area (Å²) < 4.78 is 4.75. The summed E-state index contributed by atoms with van der Waals surface area (Å²) in [5.74, 6) is -0.287. The van der Waals surface area contributed by atoms with E-state index >= 15 is 0 Å². The summed E-state index contributed by atoms with van der Waals surface area (Å²) in [7, 11) is 0. The Kier molecular flexibility index (Phi) is 5.22. The highest BCUT2D eigenvalue weighted by Gasteiger charge is 2.01. The van der Waals surface area contributed by atoms with E-state index in [2.05, 4.69) is 9.97 Å². The van der Waals surface area contributed by atoms with Crippen LogP contribution in [0.3, 0.4) is 0 Å². The molecule has 0 aliphatic heterocycles. The van der Waals surface area contributed by atoms with Crippen LogP contribution in [0.5, 0.6) is 0 Å². The molecule has 0 saturated carbocycles. The Labute approximate surface area is 103 Å². The van der Waals surface area contributed by atoms with E-state index < -0.39 is 0 Å². The maximum atomic E-state index is 11.0. The van der Waals surface area contributed by atoms with Gasteiger partial charge in [0.05, 0.1) is 13.0 Å². The van der Waals surface area contributed by atoms with Crippen LogP contribution in [0.4, 0.5) is 0 Å². The van der Waals surface area contributed by atoms with Crippen LogP contribution in [0.2, 0.25) is 10.4 Å². The minimum absolute atomic E-state index is 0.0903. The van der Waals surface area contributed by atoms with E-state index in [1.54, 1.807) is 19.1 Å². The quantitative estimate of drug-likeness (QED) is 0.475. The Morgan fingerprint density at radius 1 is 1.56 bits per heavy atom. The number of rotatable bonds is 4. The first-order chi connectivity index (χ1) is 7.63. The van der Waals surface area contributed by atoms with Gasteiger partial charge >= 0.3 is 5.97 Å². The maximum absolute atomic E-state index is 11.0. The van der Waals surface area contributed by atoms with Gasteiger partial charge in [0, 0.05) is 11.8 Å². The number of hydrogen-bond donors (Lipinski definition) is 0. The molecule has 0 aliphatic carbocycles. The number of esters is 1. The van der Waals surface area contributed by atoms with Crippen LogP contribution >= 0.6 is 23.2 Å². The summed E-state index contributed by atoms with van der Waals surface area (Å²) >= 11 is 11.3. The van der Waals surface area contributed by atoms with Gasteiger partial charge < -0.3 is 4.74 Å². The summed E-state index contributed by atoms with van der Waals surface area (Å²) in [5, 5.41) is 0.340. The summed E-state index contributed by atoms with van der Waals surface area (Å²) in [4.78, 5) is 18.5. The largest absolute Gasteiger partial charge is 0.466 e. The van der Waals surface area contributed by atoms with E-state index in [1.807, 2.05) is 0 Å². The van der Waals surface area contributed by atoms with Crippen molar-refractivity contribution in [2.24, 2.45) is 0 Å². The minimum Gasteiger partial charge on any atom is -0.466 e. The number of carbonyl (C=O) groups excluding carboxylic acids is 1. The molecule has 0 saturated heterocycles. The van der Waals surface area contributed by atoms with Crippen LogP contribution in [0.1, 0.15) is 18.9 Å². The van der Waals surface area contributed by atoms with Crippen LogP contribution in [0, 0.1) is 0 Å². The fourth-order valence-corrected chi connectivity index (χ4v) is 1.33. The summed E-state index contributed by atoms with van der Waals surface area (Å²) in [5.41, 5.74) is 0.607. The SMILES string of the molecule is CCOC(=O)CC=Cc1cnc(Cl)nc1Cl. The van der Waals surface area contributed by atoms with Crippen molar-refractivity contribution < 1.29 is 9.53 Å². The van der Waals surface area contributed by atoms with Gasteiger partial charge in [-0.15, -0.1) is 0 Å². The van der Waals surface area contributed by atoms with Gasteiger partial charge in [-0.1, -0.05) is 23.8 Å². The van der Waals surface area contributed by atoms with Crippen molar-refractivity contribution in [1.29, 1.82) is 0 Å². The molecule has 0 aromatic carbocycles. The zero-order valence-corrected chi connectivity index (χ0v) is 10.1. The molecule has 6 heteroatoms. The number of carbonyl (C=O) groups is 1. The Morgan fingerprint density at radius 3 is 2.94 bits per heavy atom. The zero-order chi connectivity index (χ0) is 12.0. The van der Waals surface area contributed by atoms with Gasteiger partial charge in [0.25, 0.3) is 0 Å². The zero-order valence-electron chi connectivity index (χ0n) is 8.61. The monoisotopic (exact) mass is 260 g/mol. The van der Waals surface area contributed by atoms with E-state index in [0.717, 1.165) is 0 Å². The predicted octanol–water partition coefficient (Wildman–Crippen LogP) is 2.75. The average Bonchev–Trinajstić information content (AvgIpc) is 2.22. The Balaban J connectivity index is 2.59. The van der Waals surface area contributed by atoms with Gasteiger partial charge in [-0.05, 0) is 18.5 Å². The molecule has 0 unspecified atom stereocenters. The minimum atomic E-state index is -0.287. The van der Waals surface area contributed by atoms with Gasteiger partial charge in [-0.2, -0.15) is 0 Å². The number of halogens is 2. The Morgan fingerprint density at radius 2 is 2.31 bits per heavy atom. The summed E-state index contributed by atoms with van der Waals surface area (Å²) in [6, 6.07) is 0. The lowest BCUT2D eigenvalue weighted by atomic mass is 10.3. The molecular formula is C10H10Cl2N2O2. The fraction of sp³-hybridized carbons (Fsp3) is 0.300. The molecule has 0 bridgehead atoms. The van der Waals surface area contributed by atoms with Crippen LogP contribution in [0.15, 0.2) is 12.3 Å². The lowest BCUT2D eigenvalue weighted by Gasteiger charge is -1.98. The second kappa shape index (κ2) is 6.45. The standard InChI is InChI=1S/C10H10Cl2N2O2/c1-2-16-8(15)5-3-4-7-6-13-10(12)14-9(7)11/h3-4,6H,2,5H2,1H3. The van der Waals surface area contributed by atoms with Crippen molar-refractivity contribution >= 4 is 35.2 Å². The molecule has 1 rings (SSSR count). The second-order valence-electron chi connectivity index (χ2n) is 2.80. The molecule has 0 amide bonds. The van der Waals surface area contributed by atoms with Crippen molar-refractivity contribution in [3.63, 3.8) is 0 Å². The molecule has 1 aromatic heterocycles. The van der Waals surface area contributed by atoms with E-state index in [4.69, 9.17) is 27.9 Å². The summed E-state index contributed by atoms with van der Waals surface area (Å²) in [6.45, 7) is 2.13. The van der Waals surface area contributed by atoms with Gasteiger partial charge in [0.15, 0.2) is 0 Å². The Bertz CT molecular complexity index is 408. The molecule has 0 radical (unpaired) electrons. The molecule has 0 atom stereocenters. The smallest absolute Gasteiger partial charge is 0.309 e. The van der Waals surface area contributed by atoms with E-state index in [1.165, 1.54) is 6.20 Å². The molecule has 1 heterocycles. The first-order valence-electron chi connectivity index (χ1n) is 4.63. The van der Waals surface area contributed by atoms with E-state index in [9.17, 15) is 4.79 Å².